The number of aliphatic carboxylic acids is 2. The molecule has 0 aliphatic heterocycles. The van der Waals surface area contributed by atoms with Crippen molar-refractivity contribution in [2.24, 2.45) is 22.2 Å². The molecule has 5 amide bonds. The molecule has 226 valence electrons. The van der Waals surface area contributed by atoms with E-state index < -0.39 is 91.8 Å². The van der Waals surface area contributed by atoms with E-state index in [1.54, 1.807) is 0 Å². The third-order valence-corrected chi connectivity index (χ3v) is 5.20. The molecule has 0 aromatic carbocycles. The van der Waals surface area contributed by atoms with Crippen molar-refractivity contribution in [1.29, 1.82) is 0 Å². The lowest BCUT2D eigenvalue weighted by Gasteiger charge is -2.21. The minimum atomic E-state index is -1.75. The Morgan fingerprint density at radius 2 is 1.35 bits per heavy atom. The highest BCUT2D eigenvalue weighted by Crippen LogP contribution is 2.00. The van der Waals surface area contributed by atoms with Gasteiger partial charge in [0.1, 0.15) is 18.1 Å². The van der Waals surface area contributed by atoms with E-state index in [1.165, 1.54) is 0 Å². The summed E-state index contributed by atoms with van der Waals surface area (Å²) >= 11 is 3.87. The number of carboxylic acid groups (broad SMARTS) is 2. The zero-order chi connectivity index (χ0) is 30.8. The van der Waals surface area contributed by atoms with Crippen LogP contribution in [0.3, 0.4) is 0 Å². The van der Waals surface area contributed by atoms with Crippen LogP contribution in [0.1, 0.15) is 19.3 Å². The topological polar surface area (TPSA) is 331 Å². The Bertz CT molecular complexity index is 961. The molecule has 4 atom stereocenters. The quantitative estimate of drug-likeness (QED) is 0.0287. The molecule has 14 N–H and O–H groups in total. The van der Waals surface area contributed by atoms with Gasteiger partial charge in [-0.1, -0.05) is 0 Å². The first-order chi connectivity index (χ1) is 18.7. The van der Waals surface area contributed by atoms with E-state index >= 15 is 0 Å². The van der Waals surface area contributed by atoms with Gasteiger partial charge in [-0.05, 0) is 12.8 Å². The molecule has 0 saturated carbocycles. The van der Waals surface area contributed by atoms with E-state index in [4.69, 9.17) is 32.5 Å². The van der Waals surface area contributed by atoms with Crippen molar-refractivity contribution in [3.8, 4) is 0 Å². The van der Waals surface area contributed by atoms with Gasteiger partial charge in [0.25, 0.3) is 0 Å². The minimum absolute atomic E-state index is 0.00184. The summed E-state index contributed by atoms with van der Waals surface area (Å²) in [4.78, 5) is 87.1. The number of amides is 5. The number of hydrogen-bond acceptors (Lipinski definition) is 11. The SMILES string of the molecule is NC(N)=NCCC[C@H](NC(=O)CNC(=O)[C@@H](N)CS)C(=O)NCC(=O)N[C@@H](CC(=O)O)C(=O)N[C@@H](CO)C(=O)O. The fourth-order valence-electron chi connectivity index (χ4n) is 2.78. The maximum atomic E-state index is 12.7. The summed E-state index contributed by atoms with van der Waals surface area (Å²) in [5.41, 5.74) is 16.0. The largest absolute Gasteiger partial charge is 0.481 e. The lowest BCUT2D eigenvalue weighted by Crippen LogP contribution is -2.55. The number of hydrogen-bond donors (Lipinski definition) is 12. The van der Waals surface area contributed by atoms with Gasteiger partial charge >= 0.3 is 11.9 Å². The Morgan fingerprint density at radius 1 is 0.800 bits per heavy atom. The Labute approximate surface area is 233 Å². The van der Waals surface area contributed by atoms with Crippen LogP contribution < -0.4 is 43.8 Å². The number of thiol groups is 1. The molecule has 0 spiro atoms. The Morgan fingerprint density at radius 3 is 1.82 bits per heavy atom. The zero-order valence-corrected chi connectivity index (χ0v) is 22.2. The second-order valence-corrected chi connectivity index (χ2v) is 8.46. The number of nitrogens with one attached hydrogen (secondary N) is 5. The number of carbonyl (C=O) groups excluding carboxylic acids is 5. The van der Waals surface area contributed by atoms with Crippen molar-refractivity contribution in [2.45, 2.75) is 43.4 Å². The second-order valence-electron chi connectivity index (χ2n) is 8.09. The molecule has 0 aliphatic carbocycles. The number of nitrogens with zero attached hydrogens (tertiary/aromatic N) is 1. The van der Waals surface area contributed by atoms with Crippen LogP contribution in [0, 0.1) is 0 Å². The average Bonchev–Trinajstić information content (AvgIpc) is 2.88. The van der Waals surface area contributed by atoms with Crippen molar-refractivity contribution >= 4 is 60.1 Å². The van der Waals surface area contributed by atoms with Crippen molar-refractivity contribution in [3.05, 3.63) is 0 Å². The van der Waals surface area contributed by atoms with E-state index in [0.29, 0.717) is 0 Å². The van der Waals surface area contributed by atoms with E-state index in [2.05, 4.69) is 33.6 Å². The number of aliphatic hydroxyl groups is 1. The van der Waals surface area contributed by atoms with Gasteiger partial charge in [0.2, 0.25) is 29.5 Å². The van der Waals surface area contributed by atoms with Crippen LogP contribution in [0.5, 0.6) is 0 Å². The summed E-state index contributed by atoms with van der Waals surface area (Å²) in [5, 5.41) is 37.7. The molecule has 0 radical (unpaired) electrons. The number of rotatable bonds is 19. The van der Waals surface area contributed by atoms with Crippen molar-refractivity contribution < 1.29 is 48.9 Å². The molecule has 0 heterocycles. The maximum absolute atomic E-state index is 12.7. The normalized spacial score (nSPS) is 13.4. The predicted octanol–water partition coefficient (Wildman–Crippen LogP) is -6.46. The van der Waals surface area contributed by atoms with Crippen LogP contribution in [0.2, 0.25) is 0 Å². The number of guanidine groups is 1. The van der Waals surface area contributed by atoms with Gasteiger partial charge in [-0.3, -0.25) is 33.8 Å². The van der Waals surface area contributed by atoms with E-state index in [9.17, 15) is 33.6 Å². The molecule has 0 rings (SSSR count). The van der Waals surface area contributed by atoms with Crippen LogP contribution >= 0.6 is 12.6 Å². The summed E-state index contributed by atoms with van der Waals surface area (Å²) in [6.07, 6.45) is -0.715. The van der Waals surface area contributed by atoms with Crippen LogP contribution in [0.4, 0.5) is 0 Å². The molecule has 0 saturated heterocycles. The van der Waals surface area contributed by atoms with Gasteiger partial charge in [-0.15, -0.1) is 0 Å². The van der Waals surface area contributed by atoms with E-state index in [-0.39, 0.29) is 31.1 Å². The van der Waals surface area contributed by atoms with Crippen LogP contribution in [-0.2, 0) is 33.6 Å². The van der Waals surface area contributed by atoms with E-state index in [1.807, 2.05) is 10.6 Å². The molecular formula is C20H35N9O10S. The zero-order valence-electron chi connectivity index (χ0n) is 21.3. The predicted molar refractivity (Wildman–Crippen MR) is 141 cm³/mol. The monoisotopic (exact) mass is 593 g/mol. The first-order valence-corrected chi connectivity index (χ1v) is 12.3. The highest BCUT2D eigenvalue weighted by molar-refractivity contribution is 7.80. The Kier molecular flexibility index (Phi) is 17.0. The first kappa shape index (κ1) is 35.8. The molecule has 0 bridgehead atoms. The molecule has 20 heteroatoms. The summed E-state index contributed by atoms with van der Waals surface area (Å²) in [6, 6.07) is -5.66. The summed E-state index contributed by atoms with van der Waals surface area (Å²) in [7, 11) is 0. The first-order valence-electron chi connectivity index (χ1n) is 11.6. The van der Waals surface area contributed by atoms with E-state index in [0.717, 1.165) is 0 Å². The summed E-state index contributed by atoms with van der Waals surface area (Å²) in [5.74, 6) is -7.76. The smallest absolute Gasteiger partial charge is 0.328 e. The van der Waals surface area contributed by atoms with Crippen LogP contribution in [0.25, 0.3) is 0 Å². The molecular weight excluding hydrogens is 558 g/mol. The van der Waals surface area contributed by atoms with Gasteiger partial charge < -0.3 is 59.1 Å². The molecule has 0 aliphatic rings. The Balaban J connectivity index is 5.24. The van der Waals surface area contributed by atoms with Crippen molar-refractivity contribution in [3.63, 3.8) is 0 Å². The Hall–Kier alpha value is -4.17. The highest BCUT2D eigenvalue weighted by Gasteiger charge is 2.28. The number of nitrogens with two attached hydrogens (primary N) is 3. The van der Waals surface area contributed by atoms with Gasteiger partial charge in [0.15, 0.2) is 5.96 Å². The summed E-state index contributed by atoms with van der Waals surface area (Å²) in [6.45, 7) is -2.17. The maximum Gasteiger partial charge on any atom is 0.328 e. The third kappa shape index (κ3) is 15.3. The van der Waals surface area contributed by atoms with Crippen molar-refractivity contribution in [2.75, 3.05) is 32.0 Å². The number of carboxylic acids is 2. The lowest BCUT2D eigenvalue weighted by molar-refractivity contribution is -0.144. The van der Waals surface area contributed by atoms with Crippen molar-refractivity contribution in [1.82, 2.24) is 26.6 Å². The second kappa shape index (κ2) is 19.0. The molecule has 0 aromatic rings. The fraction of sp³-hybridized carbons (Fsp3) is 0.600. The molecule has 0 fully saturated rings. The van der Waals surface area contributed by atoms with Gasteiger partial charge in [0.05, 0.1) is 32.2 Å². The highest BCUT2D eigenvalue weighted by atomic mass is 32.1. The van der Waals surface area contributed by atoms with Crippen LogP contribution in [-0.4, -0.2) is 119 Å². The third-order valence-electron chi connectivity index (χ3n) is 4.80. The molecule has 40 heavy (non-hydrogen) atoms. The van der Waals surface area contributed by atoms with Gasteiger partial charge in [-0.2, -0.15) is 12.6 Å². The number of carbonyl (C=O) groups is 7. The molecule has 0 aromatic heterocycles. The van der Waals surface area contributed by atoms with Gasteiger partial charge in [0, 0.05) is 12.3 Å². The van der Waals surface area contributed by atoms with Gasteiger partial charge in [-0.25, -0.2) is 4.79 Å². The lowest BCUT2D eigenvalue weighted by atomic mass is 10.1. The standard InChI is InChI=1S/C20H35N9O10S/c21-9(8-40)16(35)25-5-13(31)27-10(2-1-3-24-20(22)23)17(36)26-6-14(32)28-11(4-15(33)34)18(37)29-12(7-30)19(38)39/h9-12,30,40H,1-8,21H2,(H,25,35)(H,26,36)(H,27,31)(H,28,32)(H,29,37)(H,33,34)(H,38,39)(H4,22,23,24)/t9-,10-,11-,12-/m0/s1. The molecule has 0 unspecified atom stereocenters. The molecule has 19 nitrogen and oxygen atoms in total. The number of aliphatic imine (C=N–C) groups is 1. The van der Waals surface area contributed by atoms with Crippen LogP contribution in [0.15, 0.2) is 4.99 Å². The average molecular weight is 594 g/mol. The summed E-state index contributed by atoms with van der Waals surface area (Å²) < 4.78 is 0. The number of aliphatic hydroxyl groups excluding tert-OH is 1. The fourth-order valence-corrected chi connectivity index (χ4v) is 2.94. The minimum Gasteiger partial charge on any atom is -0.481 e.